The van der Waals surface area contributed by atoms with Crippen molar-refractivity contribution >= 4 is 18.8 Å². The monoisotopic (exact) mass is 311 g/mol. The van der Waals surface area contributed by atoms with Crippen molar-refractivity contribution in [3.05, 3.63) is 0 Å². The lowest BCUT2D eigenvalue weighted by Crippen LogP contribution is -2.49. The van der Waals surface area contributed by atoms with Gasteiger partial charge in [0.1, 0.15) is 6.04 Å². The summed E-state index contributed by atoms with van der Waals surface area (Å²) >= 11 is 0. The van der Waals surface area contributed by atoms with Gasteiger partial charge in [-0.3, -0.25) is 9.59 Å². The second-order valence-electron chi connectivity index (χ2n) is 6.74. The first-order valence-electron chi connectivity index (χ1n) is 8.00. The highest BCUT2D eigenvalue weighted by molar-refractivity contribution is 6.48. The van der Waals surface area contributed by atoms with E-state index in [9.17, 15) is 19.7 Å². The number of carbonyl (C=O) groups excluding carboxylic acids is 1. The van der Waals surface area contributed by atoms with E-state index in [0.717, 1.165) is 6.42 Å². The Morgan fingerprint density at radius 1 is 1.55 bits per heavy atom. The molecule has 2 fully saturated rings. The van der Waals surface area contributed by atoms with Gasteiger partial charge in [-0.25, -0.2) is 0 Å². The minimum absolute atomic E-state index is 0.116. The summed E-state index contributed by atoms with van der Waals surface area (Å²) in [5.74, 6) is -0.982. The van der Waals surface area contributed by atoms with E-state index in [2.05, 4.69) is 5.32 Å². The molecule has 0 aromatic heterocycles. The standard InChI is InChI=1S/C14H26BN3O4/c1-9(16)12(19)18-7-5-14(4-3-6-15(2)22)10(18)8-17-11(14)13(20)21/h9-11,17,22H,3-8,16H2,1-2H3,(H,20,21). The topological polar surface area (TPSA) is 116 Å². The average molecular weight is 311 g/mol. The summed E-state index contributed by atoms with van der Waals surface area (Å²) in [5, 5.41) is 22.0. The van der Waals surface area contributed by atoms with Gasteiger partial charge >= 0.3 is 5.97 Å². The van der Waals surface area contributed by atoms with Gasteiger partial charge in [0, 0.05) is 18.5 Å². The van der Waals surface area contributed by atoms with Crippen LogP contribution in [0.5, 0.6) is 0 Å². The number of nitrogens with one attached hydrogen (secondary N) is 1. The molecule has 2 heterocycles. The van der Waals surface area contributed by atoms with Crippen LogP contribution in [-0.4, -0.2) is 65.0 Å². The molecule has 0 spiro atoms. The second kappa shape index (κ2) is 6.56. The van der Waals surface area contributed by atoms with Crippen molar-refractivity contribution in [1.82, 2.24) is 10.2 Å². The van der Waals surface area contributed by atoms with Crippen molar-refractivity contribution in [2.24, 2.45) is 11.1 Å². The highest BCUT2D eigenvalue weighted by Gasteiger charge is 2.59. The Labute approximate surface area is 131 Å². The summed E-state index contributed by atoms with van der Waals surface area (Å²) in [7, 11) is 0. The molecule has 0 aromatic carbocycles. The number of rotatable bonds is 6. The molecule has 0 aliphatic carbocycles. The van der Waals surface area contributed by atoms with E-state index in [1.165, 1.54) is 0 Å². The lowest BCUT2D eigenvalue weighted by atomic mass is 9.64. The molecule has 4 atom stereocenters. The summed E-state index contributed by atoms with van der Waals surface area (Å²) in [6.07, 6.45) is 2.75. The summed E-state index contributed by atoms with van der Waals surface area (Å²) in [6.45, 7) is 4.05. The maximum Gasteiger partial charge on any atom is 0.321 e. The number of nitrogens with two attached hydrogens (primary N) is 1. The predicted octanol–water partition coefficient (Wildman–Crippen LogP) is -0.629. The van der Waals surface area contributed by atoms with Crippen molar-refractivity contribution in [3.63, 3.8) is 0 Å². The van der Waals surface area contributed by atoms with Crippen LogP contribution in [0.3, 0.4) is 0 Å². The van der Waals surface area contributed by atoms with Crippen LogP contribution in [0.1, 0.15) is 26.2 Å². The molecular weight excluding hydrogens is 285 g/mol. The van der Waals surface area contributed by atoms with Gasteiger partial charge in [-0.2, -0.15) is 0 Å². The quantitative estimate of drug-likeness (QED) is 0.486. The van der Waals surface area contributed by atoms with Crippen LogP contribution >= 0.6 is 0 Å². The van der Waals surface area contributed by atoms with Crippen LogP contribution < -0.4 is 11.1 Å². The molecule has 4 unspecified atom stereocenters. The molecule has 0 radical (unpaired) electrons. The first kappa shape index (κ1) is 17.2. The summed E-state index contributed by atoms with van der Waals surface area (Å²) in [4.78, 5) is 25.6. The average Bonchev–Trinajstić information content (AvgIpc) is 2.93. The number of nitrogens with zero attached hydrogens (tertiary/aromatic N) is 1. The molecule has 0 aromatic rings. The van der Waals surface area contributed by atoms with Gasteiger partial charge in [-0.05, 0) is 26.1 Å². The first-order chi connectivity index (χ1) is 10.3. The zero-order chi connectivity index (χ0) is 16.5. The van der Waals surface area contributed by atoms with E-state index in [1.807, 2.05) is 0 Å². The lowest BCUT2D eigenvalue weighted by molar-refractivity contribution is -0.143. The van der Waals surface area contributed by atoms with Crippen LogP contribution in [0, 0.1) is 5.41 Å². The van der Waals surface area contributed by atoms with Crippen molar-refractivity contribution in [1.29, 1.82) is 0 Å². The van der Waals surface area contributed by atoms with Gasteiger partial charge in [0.2, 0.25) is 5.91 Å². The van der Waals surface area contributed by atoms with E-state index < -0.39 is 30.4 Å². The normalized spacial score (nSPS) is 31.9. The summed E-state index contributed by atoms with van der Waals surface area (Å²) in [6, 6.07) is -1.34. The second-order valence-corrected chi connectivity index (χ2v) is 6.74. The predicted molar refractivity (Wildman–Crippen MR) is 83.5 cm³/mol. The number of fused-ring (bicyclic) bond motifs is 1. The maximum atomic E-state index is 12.3. The number of hydrogen-bond acceptors (Lipinski definition) is 5. The van der Waals surface area contributed by atoms with Gasteiger partial charge < -0.3 is 26.1 Å². The Kier molecular flexibility index (Phi) is 5.14. The molecule has 7 nitrogen and oxygen atoms in total. The maximum absolute atomic E-state index is 12.3. The number of carbonyl (C=O) groups is 2. The van der Waals surface area contributed by atoms with Gasteiger partial charge in [-0.1, -0.05) is 13.2 Å². The van der Waals surface area contributed by atoms with Gasteiger partial charge in [-0.15, -0.1) is 0 Å². The van der Waals surface area contributed by atoms with Crippen molar-refractivity contribution in [2.45, 2.75) is 57.5 Å². The van der Waals surface area contributed by atoms with Gasteiger partial charge in [0.15, 0.2) is 0 Å². The van der Waals surface area contributed by atoms with E-state index in [4.69, 9.17) is 5.73 Å². The van der Waals surface area contributed by atoms with E-state index in [0.29, 0.717) is 32.3 Å². The third kappa shape index (κ3) is 3.00. The molecule has 2 aliphatic rings. The fourth-order valence-corrected chi connectivity index (χ4v) is 4.07. The molecule has 124 valence electrons. The molecule has 0 bridgehead atoms. The Hall–Kier alpha value is -1.12. The number of aliphatic carboxylic acids is 1. The molecular formula is C14H26BN3O4. The number of carboxylic acids is 1. The fourth-order valence-electron chi connectivity index (χ4n) is 4.07. The largest absolute Gasteiger partial charge is 0.480 e. The molecule has 2 saturated heterocycles. The van der Waals surface area contributed by atoms with Crippen LogP contribution in [-0.2, 0) is 9.59 Å². The lowest BCUT2D eigenvalue weighted by Gasteiger charge is -2.34. The SMILES string of the molecule is CB(O)CCCC12CCN(C(=O)C(C)N)C1CNC2C(=O)O. The Bertz CT molecular complexity index is 446. The summed E-state index contributed by atoms with van der Waals surface area (Å²) in [5.41, 5.74) is 5.26. The summed E-state index contributed by atoms with van der Waals surface area (Å²) < 4.78 is 0. The number of amides is 1. The van der Waals surface area contributed by atoms with Crippen LogP contribution in [0.2, 0.25) is 13.1 Å². The zero-order valence-corrected chi connectivity index (χ0v) is 13.3. The highest BCUT2D eigenvalue weighted by Crippen LogP contribution is 2.47. The third-order valence-electron chi connectivity index (χ3n) is 5.13. The van der Waals surface area contributed by atoms with Crippen LogP contribution in [0.15, 0.2) is 0 Å². The molecule has 1 amide bonds. The Morgan fingerprint density at radius 3 is 2.77 bits per heavy atom. The number of likely N-dealkylation sites (tertiary alicyclic amines) is 1. The third-order valence-corrected chi connectivity index (χ3v) is 5.13. The van der Waals surface area contributed by atoms with Gasteiger partial charge in [0.25, 0.3) is 6.92 Å². The molecule has 2 aliphatic heterocycles. The van der Waals surface area contributed by atoms with Crippen molar-refractivity contribution < 1.29 is 19.7 Å². The molecule has 0 saturated carbocycles. The fraction of sp³-hybridized carbons (Fsp3) is 0.857. The molecule has 22 heavy (non-hydrogen) atoms. The zero-order valence-electron chi connectivity index (χ0n) is 13.3. The first-order valence-corrected chi connectivity index (χ1v) is 8.00. The van der Waals surface area contributed by atoms with Crippen LogP contribution in [0.4, 0.5) is 0 Å². The van der Waals surface area contributed by atoms with Gasteiger partial charge in [0.05, 0.1) is 12.1 Å². The van der Waals surface area contributed by atoms with E-state index in [1.54, 1.807) is 18.6 Å². The van der Waals surface area contributed by atoms with Crippen molar-refractivity contribution in [3.8, 4) is 0 Å². The van der Waals surface area contributed by atoms with E-state index in [-0.39, 0.29) is 11.9 Å². The molecule has 8 heteroatoms. The van der Waals surface area contributed by atoms with Crippen LogP contribution in [0.25, 0.3) is 0 Å². The number of hydrogen-bond donors (Lipinski definition) is 4. The Morgan fingerprint density at radius 2 is 2.23 bits per heavy atom. The molecule has 5 N–H and O–H groups in total. The Balaban J connectivity index is 2.19. The minimum Gasteiger partial charge on any atom is -0.480 e. The molecule has 2 rings (SSSR count). The van der Waals surface area contributed by atoms with Crippen molar-refractivity contribution in [2.75, 3.05) is 13.1 Å². The van der Waals surface area contributed by atoms with E-state index >= 15 is 0 Å². The highest BCUT2D eigenvalue weighted by atomic mass is 16.4. The smallest absolute Gasteiger partial charge is 0.321 e. The number of carboxylic acid groups (broad SMARTS) is 1. The minimum atomic E-state index is -0.866.